The minimum Gasteiger partial charge on any atom is -0.278 e. The summed E-state index contributed by atoms with van der Waals surface area (Å²) in [6, 6.07) is 6.02. The smallest absolute Gasteiger partial charge is 0.233 e. The van der Waals surface area contributed by atoms with Crippen LogP contribution in [0, 0.1) is 17.7 Å². The molecule has 98 valence electrons. The SMILES string of the molecule is O=C1[C@@H]2CC=CC[C@H]2C(=O)N1Cc1cccc(F)c1. The molecule has 1 aliphatic carbocycles. The van der Waals surface area contributed by atoms with Crippen molar-refractivity contribution in [1.29, 1.82) is 0 Å². The second kappa shape index (κ2) is 4.61. The third-order valence-corrected chi connectivity index (χ3v) is 3.83. The van der Waals surface area contributed by atoms with Gasteiger partial charge in [-0.05, 0) is 30.5 Å². The van der Waals surface area contributed by atoms with E-state index in [2.05, 4.69) is 0 Å². The summed E-state index contributed by atoms with van der Waals surface area (Å²) in [7, 11) is 0. The Kier molecular flexibility index (Phi) is 2.93. The third kappa shape index (κ3) is 2.07. The Morgan fingerprint density at radius 1 is 1.11 bits per heavy atom. The lowest BCUT2D eigenvalue weighted by Gasteiger charge is -2.14. The van der Waals surface area contributed by atoms with E-state index in [4.69, 9.17) is 0 Å². The molecule has 2 aliphatic rings. The average molecular weight is 259 g/mol. The van der Waals surface area contributed by atoms with E-state index in [1.54, 1.807) is 12.1 Å². The molecular weight excluding hydrogens is 245 g/mol. The lowest BCUT2D eigenvalue weighted by atomic mass is 9.85. The van der Waals surface area contributed by atoms with Gasteiger partial charge in [0.05, 0.1) is 18.4 Å². The largest absolute Gasteiger partial charge is 0.278 e. The molecule has 0 N–H and O–H groups in total. The topological polar surface area (TPSA) is 37.4 Å². The van der Waals surface area contributed by atoms with Crippen LogP contribution in [0.1, 0.15) is 18.4 Å². The Bertz CT molecular complexity index is 541. The normalized spacial score (nSPS) is 25.8. The van der Waals surface area contributed by atoms with Crippen LogP contribution >= 0.6 is 0 Å². The van der Waals surface area contributed by atoms with E-state index in [0.717, 1.165) is 0 Å². The molecule has 0 saturated carbocycles. The van der Waals surface area contributed by atoms with E-state index in [1.807, 2.05) is 12.2 Å². The van der Waals surface area contributed by atoms with Crippen molar-refractivity contribution >= 4 is 11.8 Å². The third-order valence-electron chi connectivity index (χ3n) is 3.83. The number of amides is 2. The van der Waals surface area contributed by atoms with Gasteiger partial charge >= 0.3 is 0 Å². The highest BCUT2D eigenvalue weighted by Gasteiger charge is 2.46. The molecule has 0 unspecified atom stereocenters. The lowest BCUT2D eigenvalue weighted by Crippen LogP contribution is -2.30. The fourth-order valence-corrected chi connectivity index (χ4v) is 2.84. The second-order valence-corrected chi connectivity index (χ2v) is 5.05. The fourth-order valence-electron chi connectivity index (χ4n) is 2.84. The van der Waals surface area contributed by atoms with Gasteiger partial charge in [-0.25, -0.2) is 4.39 Å². The number of hydrogen-bond acceptors (Lipinski definition) is 2. The van der Waals surface area contributed by atoms with E-state index in [0.29, 0.717) is 18.4 Å². The fraction of sp³-hybridized carbons (Fsp3) is 0.333. The van der Waals surface area contributed by atoms with Gasteiger partial charge in [0.25, 0.3) is 0 Å². The number of hydrogen-bond donors (Lipinski definition) is 0. The summed E-state index contributed by atoms with van der Waals surface area (Å²) in [5, 5.41) is 0. The Hall–Kier alpha value is -1.97. The molecule has 2 amide bonds. The maximum atomic E-state index is 13.1. The van der Waals surface area contributed by atoms with Crippen molar-refractivity contribution in [2.75, 3.05) is 0 Å². The first kappa shape index (κ1) is 12.1. The van der Waals surface area contributed by atoms with Crippen LogP contribution in [-0.2, 0) is 16.1 Å². The summed E-state index contributed by atoms with van der Waals surface area (Å²) in [4.78, 5) is 25.7. The van der Waals surface area contributed by atoms with Gasteiger partial charge in [0.1, 0.15) is 5.82 Å². The van der Waals surface area contributed by atoms with Gasteiger partial charge in [-0.3, -0.25) is 14.5 Å². The van der Waals surface area contributed by atoms with Crippen LogP contribution in [0.25, 0.3) is 0 Å². The Labute approximate surface area is 110 Å². The van der Waals surface area contributed by atoms with Gasteiger partial charge in [0.2, 0.25) is 11.8 Å². The van der Waals surface area contributed by atoms with Crippen LogP contribution in [0.5, 0.6) is 0 Å². The summed E-state index contributed by atoms with van der Waals surface area (Å²) in [5.74, 6) is -1.03. The number of likely N-dealkylation sites (tertiary alicyclic amines) is 1. The molecule has 19 heavy (non-hydrogen) atoms. The van der Waals surface area contributed by atoms with E-state index < -0.39 is 0 Å². The summed E-state index contributed by atoms with van der Waals surface area (Å²) in [5.41, 5.74) is 0.647. The number of nitrogens with zero attached hydrogens (tertiary/aromatic N) is 1. The minimum atomic E-state index is -0.351. The van der Waals surface area contributed by atoms with Crippen molar-refractivity contribution in [2.24, 2.45) is 11.8 Å². The van der Waals surface area contributed by atoms with E-state index in [1.165, 1.54) is 17.0 Å². The number of benzene rings is 1. The Morgan fingerprint density at radius 2 is 1.74 bits per heavy atom. The number of carbonyl (C=O) groups is 2. The average Bonchev–Trinajstić information content (AvgIpc) is 2.65. The highest BCUT2D eigenvalue weighted by atomic mass is 19.1. The van der Waals surface area contributed by atoms with Crippen LogP contribution in [0.15, 0.2) is 36.4 Å². The zero-order valence-electron chi connectivity index (χ0n) is 10.4. The van der Waals surface area contributed by atoms with Crippen molar-refractivity contribution < 1.29 is 14.0 Å². The van der Waals surface area contributed by atoms with Crippen molar-refractivity contribution in [2.45, 2.75) is 19.4 Å². The van der Waals surface area contributed by atoms with Gasteiger partial charge in [0.15, 0.2) is 0 Å². The molecule has 3 nitrogen and oxygen atoms in total. The standard InChI is InChI=1S/C15H14FNO2/c16-11-5-3-4-10(8-11)9-17-14(18)12-6-1-2-7-13(12)15(17)19/h1-5,8,12-13H,6-7,9H2/t12-,13-/m1/s1. The Balaban J connectivity index is 1.82. The van der Waals surface area contributed by atoms with Crippen molar-refractivity contribution in [3.05, 3.63) is 47.8 Å². The number of rotatable bonds is 2. The highest BCUT2D eigenvalue weighted by Crippen LogP contribution is 2.35. The first-order valence-corrected chi connectivity index (χ1v) is 6.41. The van der Waals surface area contributed by atoms with Crippen molar-refractivity contribution in [3.63, 3.8) is 0 Å². The quantitative estimate of drug-likeness (QED) is 0.603. The van der Waals surface area contributed by atoms with Gasteiger partial charge in [-0.1, -0.05) is 24.3 Å². The predicted molar refractivity (Wildman–Crippen MR) is 67.3 cm³/mol. The summed E-state index contributed by atoms with van der Waals surface area (Å²) in [6.45, 7) is 0.169. The molecule has 4 heteroatoms. The number of allylic oxidation sites excluding steroid dienone is 2. The molecule has 2 atom stereocenters. The molecule has 1 fully saturated rings. The predicted octanol–water partition coefficient (Wildman–Crippen LogP) is 2.28. The molecule has 1 heterocycles. The molecule has 1 saturated heterocycles. The molecule has 0 aromatic heterocycles. The van der Waals surface area contributed by atoms with Crippen LogP contribution in [0.2, 0.25) is 0 Å². The number of halogens is 1. The lowest BCUT2D eigenvalue weighted by molar-refractivity contribution is -0.140. The van der Waals surface area contributed by atoms with Crippen molar-refractivity contribution in [3.8, 4) is 0 Å². The molecule has 1 aliphatic heterocycles. The van der Waals surface area contributed by atoms with Crippen LogP contribution in [-0.4, -0.2) is 16.7 Å². The first-order chi connectivity index (χ1) is 9.16. The maximum Gasteiger partial charge on any atom is 0.233 e. The zero-order valence-corrected chi connectivity index (χ0v) is 10.4. The second-order valence-electron chi connectivity index (χ2n) is 5.05. The number of carbonyl (C=O) groups excluding carboxylic acids is 2. The number of imide groups is 1. The molecular formula is C15H14FNO2. The Morgan fingerprint density at radius 3 is 2.32 bits per heavy atom. The molecule has 3 rings (SSSR count). The summed E-state index contributed by atoms with van der Waals surface area (Å²) in [6.07, 6.45) is 5.18. The summed E-state index contributed by atoms with van der Waals surface area (Å²) < 4.78 is 13.1. The van der Waals surface area contributed by atoms with Gasteiger partial charge in [0, 0.05) is 0 Å². The summed E-state index contributed by atoms with van der Waals surface area (Å²) >= 11 is 0. The number of fused-ring (bicyclic) bond motifs is 1. The van der Waals surface area contributed by atoms with E-state index >= 15 is 0 Å². The highest BCUT2D eigenvalue weighted by molar-refractivity contribution is 6.05. The van der Waals surface area contributed by atoms with E-state index in [9.17, 15) is 14.0 Å². The minimum absolute atomic E-state index is 0.122. The van der Waals surface area contributed by atoms with Crippen LogP contribution in [0.4, 0.5) is 4.39 Å². The first-order valence-electron chi connectivity index (χ1n) is 6.41. The van der Waals surface area contributed by atoms with Gasteiger partial charge in [-0.15, -0.1) is 0 Å². The van der Waals surface area contributed by atoms with Gasteiger partial charge < -0.3 is 0 Å². The maximum absolute atomic E-state index is 13.1. The molecule has 0 spiro atoms. The van der Waals surface area contributed by atoms with Crippen LogP contribution < -0.4 is 0 Å². The molecule has 0 radical (unpaired) electrons. The zero-order chi connectivity index (χ0) is 13.4. The molecule has 1 aromatic carbocycles. The van der Waals surface area contributed by atoms with Crippen LogP contribution in [0.3, 0.4) is 0 Å². The molecule has 1 aromatic rings. The van der Waals surface area contributed by atoms with Gasteiger partial charge in [-0.2, -0.15) is 0 Å². The molecule has 0 bridgehead atoms. The van der Waals surface area contributed by atoms with Crippen molar-refractivity contribution in [1.82, 2.24) is 4.90 Å². The van der Waals surface area contributed by atoms with E-state index in [-0.39, 0.29) is 36.0 Å². The monoisotopic (exact) mass is 259 g/mol.